The van der Waals surface area contributed by atoms with Gasteiger partial charge in [-0.15, -0.1) is 11.3 Å². The molecule has 1 aromatic rings. The largest absolute Gasteiger partial charge is 0.355 e. The van der Waals surface area contributed by atoms with E-state index >= 15 is 0 Å². The van der Waals surface area contributed by atoms with Crippen LogP contribution in [0, 0.1) is 5.92 Å². The Hall–Kier alpha value is -0.830. The Morgan fingerprint density at radius 2 is 1.95 bits per heavy atom. The molecule has 0 radical (unpaired) electrons. The van der Waals surface area contributed by atoms with E-state index in [1.165, 1.54) is 62.7 Å². The first-order valence-corrected chi connectivity index (χ1v) is 9.97. The zero-order valence-electron chi connectivity index (χ0n) is 13.6. The van der Waals surface area contributed by atoms with Crippen LogP contribution in [-0.4, -0.2) is 12.5 Å². The second kappa shape index (κ2) is 7.63. The maximum Gasteiger partial charge on any atom is 0.220 e. The first-order chi connectivity index (χ1) is 10.8. The summed E-state index contributed by atoms with van der Waals surface area (Å²) in [6.45, 7) is 0.844. The fourth-order valence-corrected chi connectivity index (χ4v) is 5.30. The predicted octanol–water partition coefficient (Wildman–Crippen LogP) is 5.04. The highest BCUT2D eigenvalue weighted by molar-refractivity contribution is 7.10. The summed E-state index contributed by atoms with van der Waals surface area (Å²) in [4.78, 5) is 13.7. The van der Waals surface area contributed by atoms with Crippen molar-refractivity contribution >= 4 is 17.2 Å². The van der Waals surface area contributed by atoms with E-state index in [0.717, 1.165) is 25.3 Å². The van der Waals surface area contributed by atoms with Gasteiger partial charge < -0.3 is 5.32 Å². The summed E-state index contributed by atoms with van der Waals surface area (Å²) in [5, 5.41) is 5.43. The van der Waals surface area contributed by atoms with Crippen LogP contribution in [0.2, 0.25) is 0 Å². The van der Waals surface area contributed by atoms with Crippen LogP contribution in [0.15, 0.2) is 17.5 Å². The molecule has 1 N–H and O–H groups in total. The second-order valence-electron chi connectivity index (χ2n) is 7.28. The van der Waals surface area contributed by atoms with Gasteiger partial charge in [0.15, 0.2) is 0 Å². The number of rotatable bonds is 6. The summed E-state index contributed by atoms with van der Waals surface area (Å²) in [5.74, 6) is 1.07. The zero-order chi connectivity index (χ0) is 15.3. The smallest absolute Gasteiger partial charge is 0.220 e. The fraction of sp³-hybridized carbons (Fsp3) is 0.737. The highest BCUT2D eigenvalue weighted by Gasteiger charge is 2.36. The quantitative estimate of drug-likeness (QED) is 0.782. The summed E-state index contributed by atoms with van der Waals surface area (Å²) in [6, 6.07) is 4.40. The molecular formula is C19H29NOS. The number of amides is 1. The predicted molar refractivity (Wildman–Crippen MR) is 93.3 cm³/mol. The molecule has 2 aliphatic carbocycles. The number of hydrogen-bond acceptors (Lipinski definition) is 2. The van der Waals surface area contributed by atoms with Crippen LogP contribution in [0.3, 0.4) is 0 Å². The van der Waals surface area contributed by atoms with Gasteiger partial charge in [-0.3, -0.25) is 4.79 Å². The van der Waals surface area contributed by atoms with E-state index in [0.29, 0.717) is 0 Å². The summed E-state index contributed by atoms with van der Waals surface area (Å²) in [7, 11) is 0. The van der Waals surface area contributed by atoms with Crippen LogP contribution in [-0.2, 0) is 10.2 Å². The molecular weight excluding hydrogens is 290 g/mol. The van der Waals surface area contributed by atoms with Gasteiger partial charge in [0, 0.05) is 23.3 Å². The van der Waals surface area contributed by atoms with Gasteiger partial charge in [0.2, 0.25) is 5.91 Å². The van der Waals surface area contributed by atoms with Crippen LogP contribution < -0.4 is 5.32 Å². The average Bonchev–Trinajstić information content (AvgIpc) is 3.24. The number of thiophene rings is 1. The normalized spacial score (nSPS) is 21.8. The van der Waals surface area contributed by atoms with Crippen molar-refractivity contribution < 1.29 is 4.79 Å². The number of hydrogen-bond donors (Lipinski definition) is 1. The monoisotopic (exact) mass is 319 g/mol. The van der Waals surface area contributed by atoms with E-state index in [2.05, 4.69) is 22.8 Å². The van der Waals surface area contributed by atoms with E-state index in [1.54, 1.807) is 0 Å². The van der Waals surface area contributed by atoms with Gasteiger partial charge >= 0.3 is 0 Å². The van der Waals surface area contributed by atoms with Gasteiger partial charge in [0.1, 0.15) is 0 Å². The van der Waals surface area contributed by atoms with Crippen molar-refractivity contribution in [2.75, 3.05) is 6.54 Å². The Labute approximate surface area is 138 Å². The van der Waals surface area contributed by atoms with Crippen molar-refractivity contribution in [2.24, 2.45) is 5.92 Å². The second-order valence-corrected chi connectivity index (χ2v) is 8.23. The molecule has 2 nitrogen and oxygen atoms in total. The van der Waals surface area contributed by atoms with E-state index < -0.39 is 0 Å². The molecule has 0 saturated heterocycles. The van der Waals surface area contributed by atoms with Crippen LogP contribution in [0.5, 0.6) is 0 Å². The maximum absolute atomic E-state index is 12.2. The lowest BCUT2D eigenvalue weighted by Gasteiger charge is -2.28. The molecule has 3 heteroatoms. The SMILES string of the molecule is O=C(CCC1CCCCC1)NCC1(c2cccs2)CCCC1. The molecule has 2 saturated carbocycles. The Bertz CT molecular complexity index is 456. The van der Waals surface area contributed by atoms with Gasteiger partial charge in [-0.25, -0.2) is 0 Å². The first-order valence-electron chi connectivity index (χ1n) is 9.09. The minimum atomic E-state index is 0.231. The van der Waals surface area contributed by atoms with Gasteiger partial charge in [-0.1, -0.05) is 51.0 Å². The molecule has 0 atom stereocenters. The van der Waals surface area contributed by atoms with Crippen molar-refractivity contribution in [1.82, 2.24) is 5.32 Å². The lowest BCUT2D eigenvalue weighted by Crippen LogP contribution is -2.38. The number of carbonyl (C=O) groups excluding carboxylic acids is 1. The van der Waals surface area contributed by atoms with E-state index in [9.17, 15) is 4.79 Å². The number of carbonyl (C=O) groups is 1. The molecule has 22 heavy (non-hydrogen) atoms. The average molecular weight is 320 g/mol. The van der Waals surface area contributed by atoms with Crippen molar-refractivity contribution in [2.45, 2.75) is 76.0 Å². The molecule has 0 aliphatic heterocycles. The van der Waals surface area contributed by atoms with Gasteiger partial charge in [-0.2, -0.15) is 0 Å². The van der Waals surface area contributed by atoms with E-state index in [4.69, 9.17) is 0 Å². The Morgan fingerprint density at radius 3 is 2.64 bits per heavy atom. The molecule has 3 rings (SSSR count). The minimum absolute atomic E-state index is 0.231. The van der Waals surface area contributed by atoms with Gasteiger partial charge in [0.05, 0.1) is 0 Å². The van der Waals surface area contributed by atoms with E-state index in [-0.39, 0.29) is 11.3 Å². The molecule has 2 fully saturated rings. The Kier molecular flexibility index (Phi) is 5.56. The molecule has 2 aliphatic rings. The van der Waals surface area contributed by atoms with Crippen molar-refractivity contribution in [3.8, 4) is 0 Å². The molecule has 1 aromatic heterocycles. The lowest BCUT2D eigenvalue weighted by molar-refractivity contribution is -0.121. The third kappa shape index (κ3) is 3.92. The summed E-state index contributed by atoms with van der Waals surface area (Å²) in [6.07, 6.45) is 13.7. The minimum Gasteiger partial charge on any atom is -0.355 e. The number of nitrogens with one attached hydrogen (secondary N) is 1. The topological polar surface area (TPSA) is 29.1 Å². The molecule has 0 bridgehead atoms. The van der Waals surface area contributed by atoms with Crippen molar-refractivity contribution in [3.05, 3.63) is 22.4 Å². The van der Waals surface area contributed by atoms with Crippen LogP contribution in [0.4, 0.5) is 0 Å². The third-order valence-electron chi connectivity index (χ3n) is 5.73. The molecule has 1 amide bonds. The van der Waals surface area contributed by atoms with Crippen molar-refractivity contribution in [1.29, 1.82) is 0 Å². The highest BCUT2D eigenvalue weighted by Crippen LogP contribution is 2.42. The lowest BCUT2D eigenvalue weighted by atomic mass is 9.84. The van der Waals surface area contributed by atoms with Crippen molar-refractivity contribution in [3.63, 3.8) is 0 Å². The zero-order valence-corrected chi connectivity index (χ0v) is 14.4. The highest BCUT2D eigenvalue weighted by atomic mass is 32.1. The Balaban J connectivity index is 1.47. The fourth-order valence-electron chi connectivity index (χ4n) is 4.31. The standard InChI is InChI=1S/C19H29NOS/c21-18(11-10-16-7-2-1-3-8-16)20-15-19(12-4-5-13-19)17-9-6-14-22-17/h6,9,14,16H,1-5,7-8,10-13,15H2,(H,20,21). The van der Waals surface area contributed by atoms with Crippen LogP contribution in [0.1, 0.15) is 75.5 Å². The van der Waals surface area contributed by atoms with Crippen LogP contribution >= 0.6 is 11.3 Å². The molecule has 1 heterocycles. The summed E-state index contributed by atoms with van der Waals surface area (Å²) in [5.41, 5.74) is 0.231. The third-order valence-corrected chi connectivity index (χ3v) is 6.85. The maximum atomic E-state index is 12.2. The molecule has 0 spiro atoms. The summed E-state index contributed by atoms with van der Waals surface area (Å²) >= 11 is 1.86. The molecule has 122 valence electrons. The van der Waals surface area contributed by atoms with Crippen LogP contribution in [0.25, 0.3) is 0 Å². The first kappa shape index (κ1) is 16.0. The van der Waals surface area contributed by atoms with E-state index in [1.807, 2.05) is 11.3 Å². The van der Waals surface area contributed by atoms with Gasteiger partial charge in [-0.05, 0) is 36.6 Å². The Morgan fingerprint density at radius 1 is 1.18 bits per heavy atom. The van der Waals surface area contributed by atoms with Gasteiger partial charge in [0.25, 0.3) is 0 Å². The molecule has 0 aromatic carbocycles. The molecule has 0 unspecified atom stereocenters. The summed E-state index contributed by atoms with van der Waals surface area (Å²) < 4.78 is 0.